The zero-order valence-electron chi connectivity index (χ0n) is 7.07. The second-order valence-electron chi connectivity index (χ2n) is 2.61. The number of nitrogens with one attached hydrogen (secondary N) is 1. The molecular formula is C9H8N2O2. The molecule has 0 aliphatic heterocycles. The van der Waals surface area contributed by atoms with Gasteiger partial charge in [-0.15, -0.1) is 0 Å². The van der Waals surface area contributed by atoms with Gasteiger partial charge in [-0.1, -0.05) is 17.3 Å². The van der Waals surface area contributed by atoms with Crippen LogP contribution in [0.3, 0.4) is 0 Å². The SMILES string of the molecule is CNC(=O)c1noc2ccccc12. The van der Waals surface area contributed by atoms with Crippen molar-refractivity contribution in [3.63, 3.8) is 0 Å². The molecule has 1 N–H and O–H groups in total. The van der Waals surface area contributed by atoms with Gasteiger partial charge >= 0.3 is 0 Å². The van der Waals surface area contributed by atoms with Crippen molar-refractivity contribution in [1.29, 1.82) is 0 Å². The van der Waals surface area contributed by atoms with Crippen LogP contribution >= 0.6 is 0 Å². The lowest BCUT2D eigenvalue weighted by Gasteiger charge is -1.92. The van der Waals surface area contributed by atoms with Crippen LogP contribution in [0.15, 0.2) is 28.8 Å². The van der Waals surface area contributed by atoms with E-state index in [0.717, 1.165) is 5.39 Å². The van der Waals surface area contributed by atoms with E-state index in [2.05, 4.69) is 10.5 Å². The van der Waals surface area contributed by atoms with Crippen molar-refractivity contribution in [2.75, 3.05) is 7.05 Å². The number of benzene rings is 1. The van der Waals surface area contributed by atoms with E-state index >= 15 is 0 Å². The molecule has 2 aromatic rings. The smallest absolute Gasteiger partial charge is 0.273 e. The van der Waals surface area contributed by atoms with E-state index < -0.39 is 0 Å². The number of rotatable bonds is 1. The summed E-state index contributed by atoms with van der Waals surface area (Å²) < 4.78 is 4.96. The number of hydrogen-bond donors (Lipinski definition) is 1. The second kappa shape index (κ2) is 2.90. The Morgan fingerprint density at radius 1 is 1.46 bits per heavy atom. The molecule has 0 aliphatic rings. The van der Waals surface area contributed by atoms with Gasteiger partial charge in [-0.25, -0.2) is 0 Å². The van der Waals surface area contributed by atoms with Crippen LogP contribution in [0.2, 0.25) is 0 Å². The number of carbonyl (C=O) groups excluding carboxylic acids is 1. The average molecular weight is 176 g/mol. The highest BCUT2D eigenvalue weighted by atomic mass is 16.5. The molecule has 0 radical (unpaired) electrons. The number of nitrogens with zero attached hydrogens (tertiary/aromatic N) is 1. The van der Waals surface area contributed by atoms with Crippen LogP contribution in [0.5, 0.6) is 0 Å². The Kier molecular flexibility index (Phi) is 1.73. The fourth-order valence-electron chi connectivity index (χ4n) is 1.17. The molecule has 0 unspecified atom stereocenters. The van der Waals surface area contributed by atoms with Gasteiger partial charge in [-0.05, 0) is 12.1 Å². The van der Waals surface area contributed by atoms with E-state index in [1.165, 1.54) is 0 Å². The highest BCUT2D eigenvalue weighted by molar-refractivity contribution is 6.03. The zero-order chi connectivity index (χ0) is 9.26. The van der Waals surface area contributed by atoms with E-state index in [-0.39, 0.29) is 5.91 Å². The van der Waals surface area contributed by atoms with Gasteiger partial charge < -0.3 is 9.84 Å². The van der Waals surface area contributed by atoms with Gasteiger partial charge in [-0.2, -0.15) is 0 Å². The minimum absolute atomic E-state index is 0.232. The van der Waals surface area contributed by atoms with E-state index in [1.807, 2.05) is 12.1 Å². The second-order valence-corrected chi connectivity index (χ2v) is 2.61. The first kappa shape index (κ1) is 7.79. The highest BCUT2D eigenvalue weighted by Crippen LogP contribution is 2.17. The summed E-state index contributed by atoms with van der Waals surface area (Å²) in [6.07, 6.45) is 0. The third kappa shape index (κ3) is 1.16. The summed E-state index contributed by atoms with van der Waals surface area (Å²) in [5, 5.41) is 6.91. The lowest BCUT2D eigenvalue weighted by molar-refractivity contribution is 0.0956. The Morgan fingerprint density at radius 2 is 2.23 bits per heavy atom. The summed E-state index contributed by atoms with van der Waals surface area (Å²) in [6.45, 7) is 0. The predicted octanol–water partition coefficient (Wildman–Crippen LogP) is 1.19. The molecule has 0 bridgehead atoms. The maximum absolute atomic E-state index is 11.3. The predicted molar refractivity (Wildman–Crippen MR) is 47.4 cm³/mol. The first-order chi connectivity index (χ1) is 6.33. The molecule has 1 aromatic carbocycles. The molecule has 1 heterocycles. The molecule has 4 heteroatoms. The van der Waals surface area contributed by atoms with Crippen molar-refractivity contribution in [3.8, 4) is 0 Å². The fourth-order valence-corrected chi connectivity index (χ4v) is 1.17. The molecule has 0 saturated carbocycles. The lowest BCUT2D eigenvalue weighted by Crippen LogP contribution is -2.18. The fraction of sp³-hybridized carbons (Fsp3) is 0.111. The molecule has 1 aromatic heterocycles. The third-order valence-electron chi connectivity index (χ3n) is 1.82. The molecule has 1 amide bonds. The Hall–Kier alpha value is -1.84. The number of carbonyl (C=O) groups is 1. The van der Waals surface area contributed by atoms with Crippen LogP contribution in [0.1, 0.15) is 10.5 Å². The molecule has 0 fully saturated rings. The average Bonchev–Trinajstić information content (AvgIpc) is 2.60. The maximum atomic E-state index is 11.3. The van der Waals surface area contributed by atoms with Crippen LogP contribution in [0, 0.1) is 0 Å². The van der Waals surface area contributed by atoms with E-state index in [9.17, 15) is 4.79 Å². The Balaban J connectivity index is 2.64. The lowest BCUT2D eigenvalue weighted by atomic mass is 10.2. The molecule has 4 nitrogen and oxygen atoms in total. The molecule has 0 spiro atoms. The van der Waals surface area contributed by atoms with Crippen molar-refractivity contribution in [2.45, 2.75) is 0 Å². The van der Waals surface area contributed by atoms with Crippen molar-refractivity contribution in [2.24, 2.45) is 0 Å². The Bertz CT molecular complexity index is 448. The van der Waals surface area contributed by atoms with Gasteiger partial charge in [0.25, 0.3) is 5.91 Å². The minimum atomic E-state index is -0.232. The summed E-state index contributed by atoms with van der Waals surface area (Å²) in [7, 11) is 1.56. The summed E-state index contributed by atoms with van der Waals surface area (Å²) in [4.78, 5) is 11.3. The van der Waals surface area contributed by atoms with Crippen LogP contribution in [-0.2, 0) is 0 Å². The number of hydrogen-bond acceptors (Lipinski definition) is 3. The third-order valence-corrected chi connectivity index (χ3v) is 1.82. The first-order valence-corrected chi connectivity index (χ1v) is 3.89. The number of para-hydroxylation sites is 1. The van der Waals surface area contributed by atoms with Gasteiger partial charge in [0.1, 0.15) is 0 Å². The van der Waals surface area contributed by atoms with Crippen molar-refractivity contribution in [3.05, 3.63) is 30.0 Å². The van der Waals surface area contributed by atoms with Crippen LogP contribution in [-0.4, -0.2) is 18.1 Å². The summed E-state index contributed by atoms with van der Waals surface area (Å²) >= 11 is 0. The first-order valence-electron chi connectivity index (χ1n) is 3.89. The van der Waals surface area contributed by atoms with Crippen LogP contribution < -0.4 is 5.32 Å². The maximum Gasteiger partial charge on any atom is 0.273 e. The Labute approximate surface area is 74.5 Å². The van der Waals surface area contributed by atoms with Gasteiger partial charge in [0.2, 0.25) is 0 Å². The Morgan fingerprint density at radius 3 is 3.00 bits per heavy atom. The summed E-state index contributed by atoms with van der Waals surface area (Å²) in [5.74, 6) is -0.232. The highest BCUT2D eigenvalue weighted by Gasteiger charge is 2.13. The zero-order valence-corrected chi connectivity index (χ0v) is 7.07. The van der Waals surface area contributed by atoms with Gasteiger partial charge in [0.05, 0.1) is 5.39 Å². The summed E-state index contributed by atoms with van der Waals surface area (Å²) in [5.41, 5.74) is 0.958. The molecule has 0 aliphatic carbocycles. The summed E-state index contributed by atoms with van der Waals surface area (Å²) in [6, 6.07) is 7.25. The van der Waals surface area contributed by atoms with Gasteiger partial charge in [-0.3, -0.25) is 4.79 Å². The molecular weight excluding hydrogens is 168 g/mol. The minimum Gasteiger partial charge on any atom is -0.355 e. The quantitative estimate of drug-likeness (QED) is 0.710. The standard InChI is InChI=1S/C9H8N2O2/c1-10-9(12)8-6-4-2-3-5-7(6)13-11-8/h2-5H,1H3,(H,10,12). The topological polar surface area (TPSA) is 55.1 Å². The van der Waals surface area contributed by atoms with Crippen molar-refractivity contribution < 1.29 is 9.32 Å². The normalized spacial score (nSPS) is 10.2. The van der Waals surface area contributed by atoms with Crippen LogP contribution in [0.4, 0.5) is 0 Å². The molecule has 2 rings (SSSR count). The van der Waals surface area contributed by atoms with E-state index in [0.29, 0.717) is 11.3 Å². The van der Waals surface area contributed by atoms with Crippen molar-refractivity contribution in [1.82, 2.24) is 10.5 Å². The van der Waals surface area contributed by atoms with E-state index in [4.69, 9.17) is 4.52 Å². The van der Waals surface area contributed by atoms with Gasteiger partial charge in [0, 0.05) is 7.05 Å². The van der Waals surface area contributed by atoms with Crippen LogP contribution in [0.25, 0.3) is 11.0 Å². The molecule has 66 valence electrons. The molecule has 0 saturated heterocycles. The van der Waals surface area contributed by atoms with Crippen molar-refractivity contribution >= 4 is 16.9 Å². The number of aromatic nitrogens is 1. The largest absolute Gasteiger partial charge is 0.355 e. The van der Waals surface area contributed by atoms with Gasteiger partial charge in [0.15, 0.2) is 11.3 Å². The van der Waals surface area contributed by atoms with E-state index in [1.54, 1.807) is 19.2 Å². The number of amides is 1. The number of fused-ring (bicyclic) bond motifs is 1. The molecule has 13 heavy (non-hydrogen) atoms. The monoisotopic (exact) mass is 176 g/mol. The molecule has 0 atom stereocenters.